The Kier molecular flexibility index (Phi) is 6.72. The number of carbonyl (C=O) groups excluding carboxylic acids is 2. The number of imide groups is 1. The highest BCUT2D eigenvalue weighted by molar-refractivity contribution is 6.34. The quantitative estimate of drug-likeness (QED) is 0.541. The summed E-state index contributed by atoms with van der Waals surface area (Å²) >= 11 is 5.69. The molecule has 0 aliphatic heterocycles. The second-order valence-electron chi connectivity index (χ2n) is 5.32. The molecule has 0 aromatic heterocycles. The number of ether oxygens (including phenoxy) is 1. The number of urea groups is 1. The van der Waals surface area contributed by atoms with Gasteiger partial charge in [0.15, 0.2) is 11.6 Å². The van der Waals surface area contributed by atoms with Crippen molar-refractivity contribution in [3.63, 3.8) is 0 Å². The van der Waals surface area contributed by atoms with Gasteiger partial charge in [-0.1, -0.05) is 11.6 Å². The minimum Gasteiger partial charge on any atom is -0.495 e. The Bertz CT molecular complexity index is 939. The van der Waals surface area contributed by atoms with Crippen molar-refractivity contribution in [2.75, 3.05) is 24.3 Å². The lowest BCUT2D eigenvalue weighted by Gasteiger charge is -2.13. The first-order chi connectivity index (χ1) is 13.2. The van der Waals surface area contributed by atoms with Gasteiger partial charge < -0.3 is 20.5 Å². The molecule has 2 rings (SSSR count). The average Bonchev–Trinajstić information content (AvgIpc) is 2.62. The van der Waals surface area contributed by atoms with Crippen LogP contribution in [0.1, 0.15) is 10.4 Å². The number of amides is 3. The van der Waals surface area contributed by atoms with Crippen molar-refractivity contribution in [1.82, 2.24) is 5.32 Å². The van der Waals surface area contributed by atoms with Crippen LogP contribution in [-0.2, 0) is 4.79 Å². The summed E-state index contributed by atoms with van der Waals surface area (Å²) in [6.45, 7) is -0.356. The number of methoxy groups -OCH3 is 1. The normalized spacial score (nSPS) is 10.1. The molecule has 0 atom stereocenters. The minimum atomic E-state index is -1.30. The maximum Gasteiger partial charge on any atom is 0.326 e. The van der Waals surface area contributed by atoms with Crippen LogP contribution in [0.5, 0.6) is 5.75 Å². The van der Waals surface area contributed by atoms with E-state index in [2.05, 4.69) is 10.6 Å². The predicted octanol–water partition coefficient (Wildman–Crippen LogP) is 3.09. The van der Waals surface area contributed by atoms with Crippen LogP contribution in [0.15, 0.2) is 30.3 Å². The molecule has 0 bridgehead atoms. The second-order valence-corrected chi connectivity index (χ2v) is 5.72. The lowest BCUT2D eigenvalue weighted by atomic mass is 10.2. The number of hydrogen-bond acceptors (Lipinski definition) is 5. The fraction of sp³-hybridized carbons (Fsp3) is 0.118. The van der Waals surface area contributed by atoms with E-state index in [1.807, 2.05) is 5.32 Å². The largest absolute Gasteiger partial charge is 0.495 e. The number of hydrogen-bond donors (Lipinski definition) is 4. The first-order valence-electron chi connectivity index (χ1n) is 7.62. The fourth-order valence-corrected chi connectivity index (χ4v) is 2.35. The standard InChI is InChI=1S/C17H14ClF2N3O5/c1-28-14-3-2-8(21-7-15(24)25)4-13(14)22-17(27)23-16(26)9-5-11(19)12(20)6-10(9)18/h2-6,21H,7H2,1H3,(H,24,25)(H2,22,23,26,27). The summed E-state index contributed by atoms with van der Waals surface area (Å²) < 4.78 is 31.5. The Morgan fingerprint density at radius 3 is 2.46 bits per heavy atom. The van der Waals surface area contributed by atoms with Gasteiger partial charge in [-0.15, -0.1) is 0 Å². The molecule has 148 valence electrons. The number of halogens is 3. The molecule has 0 aliphatic carbocycles. The lowest BCUT2D eigenvalue weighted by molar-refractivity contribution is -0.134. The Balaban J connectivity index is 2.13. The minimum absolute atomic E-state index is 0.125. The number of carbonyl (C=O) groups is 3. The van der Waals surface area contributed by atoms with E-state index < -0.39 is 35.1 Å². The van der Waals surface area contributed by atoms with Gasteiger partial charge in [0.2, 0.25) is 0 Å². The van der Waals surface area contributed by atoms with E-state index in [4.69, 9.17) is 21.4 Å². The van der Waals surface area contributed by atoms with Crippen molar-refractivity contribution >= 4 is 40.9 Å². The van der Waals surface area contributed by atoms with Gasteiger partial charge in [0.05, 0.1) is 23.4 Å². The molecule has 0 spiro atoms. The zero-order valence-corrected chi connectivity index (χ0v) is 15.1. The molecule has 3 amide bonds. The first-order valence-corrected chi connectivity index (χ1v) is 7.99. The molecular weight excluding hydrogens is 400 g/mol. The Hall–Kier alpha value is -3.40. The molecule has 0 heterocycles. The highest BCUT2D eigenvalue weighted by Crippen LogP contribution is 2.28. The summed E-state index contributed by atoms with van der Waals surface area (Å²) in [7, 11) is 1.34. The van der Waals surface area contributed by atoms with E-state index in [-0.39, 0.29) is 23.0 Å². The van der Waals surface area contributed by atoms with Gasteiger partial charge in [-0.2, -0.15) is 0 Å². The van der Waals surface area contributed by atoms with Crippen LogP contribution in [0.3, 0.4) is 0 Å². The lowest BCUT2D eigenvalue weighted by Crippen LogP contribution is -2.34. The molecule has 28 heavy (non-hydrogen) atoms. The number of rotatable bonds is 6. The molecule has 0 saturated carbocycles. The molecular formula is C17H14ClF2N3O5. The van der Waals surface area contributed by atoms with E-state index in [1.165, 1.54) is 25.3 Å². The molecule has 11 heteroatoms. The zero-order valence-electron chi connectivity index (χ0n) is 14.3. The summed E-state index contributed by atoms with van der Waals surface area (Å²) in [4.78, 5) is 34.8. The topological polar surface area (TPSA) is 117 Å². The fourth-order valence-electron chi connectivity index (χ4n) is 2.11. The van der Waals surface area contributed by atoms with Crippen molar-refractivity contribution in [1.29, 1.82) is 0 Å². The van der Waals surface area contributed by atoms with Gasteiger partial charge in [-0.25, -0.2) is 13.6 Å². The summed E-state index contributed by atoms with van der Waals surface area (Å²) in [6.07, 6.45) is 0. The predicted molar refractivity (Wildman–Crippen MR) is 97.0 cm³/mol. The van der Waals surface area contributed by atoms with Crippen LogP contribution in [-0.4, -0.2) is 36.7 Å². The summed E-state index contributed by atoms with van der Waals surface area (Å²) in [5, 5.41) is 15.2. The Morgan fingerprint density at radius 2 is 1.82 bits per heavy atom. The van der Waals surface area contributed by atoms with E-state index >= 15 is 0 Å². The van der Waals surface area contributed by atoms with Gasteiger partial charge in [-0.3, -0.25) is 14.9 Å². The molecule has 8 nitrogen and oxygen atoms in total. The van der Waals surface area contributed by atoms with Crippen LogP contribution in [0.25, 0.3) is 0 Å². The molecule has 0 unspecified atom stereocenters. The maximum absolute atomic E-state index is 13.3. The molecule has 2 aromatic carbocycles. The summed E-state index contributed by atoms with van der Waals surface area (Å²) in [6, 6.07) is 4.56. The molecule has 0 saturated heterocycles. The first kappa shape index (κ1) is 20.9. The second kappa shape index (κ2) is 9.00. The highest BCUT2D eigenvalue weighted by Gasteiger charge is 2.18. The highest BCUT2D eigenvalue weighted by atomic mass is 35.5. The van der Waals surface area contributed by atoms with Crippen molar-refractivity contribution in [3.8, 4) is 5.75 Å². The van der Waals surface area contributed by atoms with Crippen LogP contribution in [0.4, 0.5) is 25.0 Å². The number of carboxylic acids is 1. The van der Waals surface area contributed by atoms with Gasteiger partial charge in [0, 0.05) is 5.69 Å². The number of nitrogens with one attached hydrogen (secondary N) is 3. The van der Waals surface area contributed by atoms with Crippen molar-refractivity contribution in [2.24, 2.45) is 0 Å². The number of aliphatic carboxylic acids is 1. The van der Waals surface area contributed by atoms with Gasteiger partial charge in [0.25, 0.3) is 5.91 Å². The van der Waals surface area contributed by atoms with Crippen molar-refractivity contribution in [3.05, 3.63) is 52.6 Å². The number of anilines is 2. The molecule has 4 N–H and O–H groups in total. The summed E-state index contributed by atoms with van der Waals surface area (Å²) in [5.41, 5.74) is 0.0626. The van der Waals surface area contributed by atoms with E-state index in [1.54, 1.807) is 0 Å². The summed E-state index contributed by atoms with van der Waals surface area (Å²) in [5.74, 6) is -4.44. The molecule has 0 radical (unpaired) electrons. The Morgan fingerprint density at radius 1 is 1.14 bits per heavy atom. The van der Waals surface area contributed by atoms with Gasteiger partial charge in [0.1, 0.15) is 12.3 Å². The van der Waals surface area contributed by atoms with Crippen LogP contribution in [0, 0.1) is 11.6 Å². The number of carboxylic acid groups (broad SMARTS) is 1. The van der Waals surface area contributed by atoms with Crippen LogP contribution >= 0.6 is 11.6 Å². The Labute approximate surface area is 162 Å². The average molecular weight is 414 g/mol. The van der Waals surface area contributed by atoms with Crippen LogP contribution in [0.2, 0.25) is 5.02 Å². The molecule has 2 aromatic rings. The zero-order chi connectivity index (χ0) is 20.8. The number of benzene rings is 2. The van der Waals surface area contributed by atoms with Crippen molar-refractivity contribution in [2.45, 2.75) is 0 Å². The van der Waals surface area contributed by atoms with E-state index in [0.717, 1.165) is 0 Å². The smallest absolute Gasteiger partial charge is 0.326 e. The third kappa shape index (κ3) is 5.30. The van der Waals surface area contributed by atoms with Gasteiger partial charge in [-0.05, 0) is 30.3 Å². The third-order valence-electron chi connectivity index (χ3n) is 3.37. The third-order valence-corrected chi connectivity index (χ3v) is 3.69. The van der Waals surface area contributed by atoms with Crippen molar-refractivity contribution < 1.29 is 33.0 Å². The van der Waals surface area contributed by atoms with Crippen LogP contribution < -0.4 is 20.7 Å². The SMILES string of the molecule is COc1ccc(NCC(=O)O)cc1NC(=O)NC(=O)c1cc(F)c(F)cc1Cl. The van der Waals surface area contributed by atoms with E-state index in [0.29, 0.717) is 17.8 Å². The van der Waals surface area contributed by atoms with E-state index in [9.17, 15) is 23.2 Å². The maximum atomic E-state index is 13.3. The van der Waals surface area contributed by atoms with Gasteiger partial charge >= 0.3 is 12.0 Å². The monoisotopic (exact) mass is 413 g/mol. The molecule has 0 fully saturated rings. The molecule has 0 aliphatic rings.